The summed E-state index contributed by atoms with van der Waals surface area (Å²) in [7, 11) is 1.81. The molecule has 1 heterocycles. The Labute approximate surface area is 122 Å². The molecule has 2 aliphatic rings. The first-order valence-corrected chi connectivity index (χ1v) is 8.08. The molecule has 1 aliphatic carbocycles. The van der Waals surface area contributed by atoms with Gasteiger partial charge in [0.2, 0.25) is 0 Å². The van der Waals surface area contributed by atoms with Gasteiger partial charge in [-0.15, -0.1) is 0 Å². The van der Waals surface area contributed by atoms with E-state index in [1.807, 2.05) is 7.11 Å². The highest BCUT2D eigenvalue weighted by atomic mass is 16.5. The van der Waals surface area contributed by atoms with Crippen LogP contribution in [0.25, 0.3) is 0 Å². The van der Waals surface area contributed by atoms with E-state index in [4.69, 9.17) is 9.84 Å². The quantitative estimate of drug-likeness (QED) is 0.843. The molecule has 2 atom stereocenters. The number of hydrogen-bond acceptors (Lipinski definition) is 3. The van der Waals surface area contributed by atoms with Gasteiger partial charge in [0.15, 0.2) is 0 Å². The van der Waals surface area contributed by atoms with Crippen LogP contribution in [-0.4, -0.2) is 48.3 Å². The lowest BCUT2D eigenvalue weighted by atomic mass is 9.82. The SMILES string of the molecule is COC1CCC(N2CCCC(C(C)CC(=O)O)C2)CC1. The number of carbonyl (C=O) groups is 1. The highest BCUT2D eigenvalue weighted by molar-refractivity contribution is 5.67. The van der Waals surface area contributed by atoms with Crippen LogP contribution >= 0.6 is 0 Å². The Morgan fingerprint density at radius 3 is 2.60 bits per heavy atom. The molecule has 2 rings (SSSR count). The molecule has 1 saturated heterocycles. The summed E-state index contributed by atoms with van der Waals surface area (Å²) in [6, 6.07) is 0.696. The Bertz CT molecular complexity index is 313. The van der Waals surface area contributed by atoms with Gasteiger partial charge in [-0.25, -0.2) is 0 Å². The fraction of sp³-hybridized carbons (Fsp3) is 0.938. The zero-order valence-electron chi connectivity index (χ0n) is 12.9. The number of methoxy groups -OCH3 is 1. The average molecular weight is 283 g/mol. The number of hydrogen-bond donors (Lipinski definition) is 1. The van der Waals surface area contributed by atoms with Gasteiger partial charge in [0.1, 0.15) is 0 Å². The predicted octanol–water partition coefficient (Wildman–Crippen LogP) is 2.77. The van der Waals surface area contributed by atoms with Crippen molar-refractivity contribution < 1.29 is 14.6 Å². The minimum Gasteiger partial charge on any atom is -0.481 e. The van der Waals surface area contributed by atoms with Crippen molar-refractivity contribution in [1.82, 2.24) is 4.90 Å². The Morgan fingerprint density at radius 2 is 2.00 bits per heavy atom. The lowest BCUT2D eigenvalue weighted by Gasteiger charge is -2.42. The lowest BCUT2D eigenvalue weighted by Crippen LogP contribution is -2.46. The summed E-state index contributed by atoms with van der Waals surface area (Å²) in [6.45, 7) is 4.39. The summed E-state index contributed by atoms with van der Waals surface area (Å²) in [6.07, 6.45) is 8.00. The normalized spacial score (nSPS) is 33.8. The molecule has 0 radical (unpaired) electrons. The lowest BCUT2D eigenvalue weighted by molar-refractivity contribution is -0.138. The number of piperidine rings is 1. The third kappa shape index (κ3) is 4.19. The molecule has 0 bridgehead atoms. The van der Waals surface area contributed by atoms with E-state index >= 15 is 0 Å². The number of aliphatic carboxylic acids is 1. The second-order valence-electron chi connectivity index (χ2n) is 6.64. The first kappa shape index (κ1) is 15.8. The summed E-state index contributed by atoms with van der Waals surface area (Å²) < 4.78 is 5.45. The molecule has 4 nitrogen and oxygen atoms in total. The van der Waals surface area contributed by atoms with Crippen molar-refractivity contribution in [2.75, 3.05) is 20.2 Å². The van der Waals surface area contributed by atoms with E-state index in [1.54, 1.807) is 0 Å². The molecule has 0 spiro atoms. The van der Waals surface area contributed by atoms with E-state index in [2.05, 4.69) is 11.8 Å². The molecule has 116 valence electrons. The number of carboxylic acids is 1. The largest absolute Gasteiger partial charge is 0.481 e. The molecule has 0 amide bonds. The van der Waals surface area contributed by atoms with Crippen molar-refractivity contribution in [2.45, 2.75) is 64.0 Å². The van der Waals surface area contributed by atoms with Crippen LogP contribution < -0.4 is 0 Å². The number of carboxylic acid groups (broad SMARTS) is 1. The zero-order chi connectivity index (χ0) is 14.5. The van der Waals surface area contributed by atoms with Crippen LogP contribution in [0.15, 0.2) is 0 Å². The minimum atomic E-state index is -0.657. The van der Waals surface area contributed by atoms with Gasteiger partial charge in [-0.1, -0.05) is 6.92 Å². The van der Waals surface area contributed by atoms with E-state index in [0.29, 0.717) is 30.4 Å². The predicted molar refractivity (Wildman–Crippen MR) is 78.8 cm³/mol. The smallest absolute Gasteiger partial charge is 0.303 e. The number of nitrogens with zero attached hydrogens (tertiary/aromatic N) is 1. The molecular formula is C16H29NO3. The number of ether oxygens (including phenoxy) is 1. The molecule has 0 aromatic rings. The van der Waals surface area contributed by atoms with Crippen molar-refractivity contribution in [3.8, 4) is 0 Å². The van der Waals surface area contributed by atoms with Crippen LogP contribution in [0.2, 0.25) is 0 Å². The van der Waals surface area contributed by atoms with Crippen LogP contribution in [0, 0.1) is 11.8 Å². The Morgan fingerprint density at radius 1 is 1.30 bits per heavy atom. The molecule has 2 fully saturated rings. The van der Waals surface area contributed by atoms with Gasteiger partial charge in [-0.05, 0) is 56.9 Å². The Kier molecular flexibility index (Phi) is 5.85. The first-order chi connectivity index (χ1) is 9.60. The maximum Gasteiger partial charge on any atom is 0.303 e. The van der Waals surface area contributed by atoms with E-state index < -0.39 is 5.97 Å². The van der Waals surface area contributed by atoms with Gasteiger partial charge in [-0.2, -0.15) is 0 Å². The monoisotopic (exact) mass is 283 g/mol. The highest BCUT2D eigenvalue weighted by Crippen LogP contribution is 2.31. The maximum atomic E-state index is 10.9. The van der Waals surface area contributed by atoms with Gasteiger partial charge in [0, 0.05) is 26.1 Å². The van der Waals surface area contributed by atoms with Gasteiger partial charge in [-0.3, -0.25) is 4.79 Å². The standard InChI is InChI=1S/C16H29NO3/c1-12(10-16(18)19)13-4-3-9-17(11-13)14-5-7-15(20-2)8-6-14/h12-15H,3-11H2,1-2H3,(H,18,19). The van der Waals surface area contributed by atoms with Crippen LogP contribution in [0.4, 0.5) is 0 Å². The zero-order valence-corrected chi connectivity index (χ0v) is 12.9. The van der Waals surface area contributed by atoms with Crippen LogP contribution in [0.5, 0.6) is 0 Å². The summed E-state index contributed by atoms with van der Waals surface area (Å²) in [4.78, 5) is 13.5. The first-order valence-electron chi connectivity index (χ1n) is 8.08. The summed E-state index contributed by atoms with van der Waals surface area (Å²) in [5, 5.41) is 8.96. The average Bonchev–Trinajstić information content (AvgIpc) is 2.47. The summed E-state index contributed by atoms with van der Waals surface area (Å²) >= 11 is 0. The van der Waals surface area contributed by atoms with Crippen molar-refractivity contribution >= 4 is 5.97 Å². The number of likely N-dealkylation sites (tertiary alicyclic amines) is 1. The van der Waals surface area contributed by atoms with Gasteiger partial charge in [0.05, 0.1) is 6.10 Å². The molecular weight excluding hydrogens is 254 g/mol. The van der Waals surface area contributed by atoms with E-state index in [-0.39, 0.29) is 0 Å². The van der Waals surface area contributed by atoms with Crippen molar-refractivity contribution in [3.05, 3.63) is 0 Å². The molecule has 4 heteroatoms. The van der Waals surface area contributed by atoms with Crippen LogP contribution in [0.1, 0.15) is 51.9 Å². The van der Waals surface area contributed by atoms with E-state index in [9.17, 15) is 4.79 Å². The fourth-order valence-electron chi connectivity index (χ4n) is 3.92. The topological polar surface area (TPSA) is 49.8 Å². The minimum absolute atomic E-state index is 0.297. The third-order valence-electron chi connectivity index (χ3n) is 5.28. The number of rotatable bonds is 5. The molecule has 2 unspecified atom stereocenters. The Balaban J connectivity index is 1.82. The summed E-state index contributed by atoms with van der Waals surface area (Å²) in [5.41, 5.74) is 0. The van der Waals surface area contributed by atoms with E-state index in [0.717, 1.165) is 6.54 Å². The summed E-state index contributed by atoms with van der Waals surface area (Å²) in [5.74, 6) is 0.195. The highest BCUT2D eigenvalue weighted by Gasteiger charge is 2.31. The van der Waals surface area contributed by atoms with Gasteiger partial charge >= 0.3 is 5.97 Å². The van der Waals surface area contributed by atoms with Crippen molar-refractivity contribution in [2.24, 2.45) is 11.8 Å². The van der Waals surface area contributed by atoms with Crippen molar-refractivity contribution in [1.29, 1.82) is 0 Å². The molecule has 0 aromatic heterocycles. The molecule has 1 saturated carbocycles. The molecule has 20 heavy (non-hydrogen) atoms. The second-order valence-corrected chi connectivity index (χ2v) is 6.64. The van der Waals surface area contributed by atoms with Gasteiger partial charge < -0.3 is 14.7 Å². The fourth-order valence-corrected chi connectivity index (χ4v) is 3.92. The van der Waals surface area contributed by atoms with Crippen molar-refractivity contribution in [3.63, 3.8) is 0 Å². The van der Waals surface area contributed by atoms with Crippen LogP contribution in [-0.2, 0) is 9.53 Å². The van der Waals surface area contributed by atoms with E-state index in [1.165, 1.54) is 45.1 Å². The maximum absolute atomic E-state index is 10.9. The Hall–Kier alpha value is -0.610. The second kappa shape index (κ2) is 7.41. The molecule has 0 aromatic carbocycles. The molecule has 1 aliphatic heterocycles. The van der Waals surface area contributed by atoms with Crippen LogP contribution in [0.3, 0.4) is 0 Å². The van der Waals surface area contributed by atoms with Gasteiger partial charge in [0.25, 0.3) is 0 Å². The third-order valence-corrected chi connectivity index (χ3v) is 5.28. The molecule has 1 N–H and O–H groups in total.